The van der Waals surface area contributed by atoms with Crippen LogP contribution in [-0.4, -0.2) is 0 Å². The molecule has 1 atom stereocenters. The molecule has 0 spiro atoms. The number of hydrogen-bond acceptors (Lipinski definition) is 2. The third-order valence-electron chi connectivity index (χ3n) is 3.16. The van der Waals surface area contributed by atoms with Gasteiger partial charge in [-0.3, -0.25) is 0 Å². The van der Waals surface area contributed by atoms with E-state index in [1.54, 1.807) is 11.3 Å². The number of thiophene rings is 1. The molecule has 2 rings (SSSR count). The minimum absolute atomic E-state index is 0.369. The average molecular weight is 245 g/mol. The van der Waals surface area contributed by atoms with Gasteiger partial charge in [0.2, 0.25) is 0 Å². The fourth-order valence-electron chi connectivity index (χ4n) is 2.00. The van der Waals surface area contributed by atoms with Crippen LogP contribution in [0.2, 0.25) is 0 Å². The lowest BCUT2D eigenvalue weighted by Crippen LogP contribution is -2.05. The van der Waals surface area contributed by atoms with Crippen molar-refractivity contribution in [1.29, 1.82) is 0 Å². The van der Waals surface area contributed by atoms with Crippen LogP contribution in [0.15, 0.2) is 35.0 Å². The van der Waals surface area contributed by atoms with Crippen LogP contribution in [0.4, 0.5) is 5.69 Å². The summed E-state index contributed by atoms with van der Waals surface area (Å²) in [6.07, 6.45) is 1.09. The van der Waals surface area contributed by atoms with Crippen molar-refractivity contribution in [3.63, 3.8) is 0 Å². The maximum Gasteiger partial charge on any atom is 0.0493 e. The smallest absolute Gasteiger partial charge is 0.0493 e. The molecule has 1 heterocycles. The Morgan fingerprint density at radius 2 is 2.12 bits per heavy atom. The van der Waals surface area contributed by atoms with E-state index in [0.29, 0.717) is 6.04 Å². The SMILES string of the molecule is CCc1cc(NC(C)c2ccsc2)ccc1C. The number of benzene rings is 1. The maximum atomic E-state index is 3.55. The van der Waals surface area contributed by atoms with Crippen LogP contribution in [0.25, 0.3) is 0 Å². The molecular formula is C15H19NS. The quantitative estimate of drug-likeness (QED) is 0.816. The number of nitrogens with one attached hydrogen (secondary N) is 1. The molecule has 2 heteroatoms. The van der Waals surface area contributed by atoms with E-state index in [9.17, 15) is 0 Å². The molecule has 17 heavy (non-hydrogen) atoms. The van der Waals surface area contributed by atoms with E-state index >= 15 is 0 Å². The van der Waals surface area contributed by atoms with Gasteiger partial charge in [0.15, 0.2) is 0 Å². The third-order valence-corrected chi connectivity index (χ3v) is 3.86. The summed E-state index contributed by atoms with van der Waals surface area (Å²) in [5.41, 5.74) is 5.37. The van der Waals surface area contributed by atoms with Crippen molar-refractivity contribution < 1.29 is 0 Å². The largest absolute Gasteiger partial charge is 0.378 e. The lowest BCUT2D eigenvalue weighted by Gasteiger charge is -2.15. The Labute approximate surface area is 108 Å². The van der Waals surface area contributed by atoms with Crippen molar-refractivity contribution in [3.05, 3.63) is 51.7 Å². The van der Waals surface area contributed by atoms with E-state index in [-0.39, 0.29) is 0 Å². The summed E-state index contributed by atoms with van der Waals surface area (Å²) < 4.78 is 0. The summed E-state index contributed by atoms with van der Waals surface area (Å²) in [6.45, 7) is 6.58. The predicted molar refractivity (Wildman–Crippen MR) is 76.9 cm³/mol. The van der Waals surface area contributed by atoms with Gasteiger partial charge < -0.3 is 5.32 Å². The monoisotopic (exact) mass is 245 g/mol. The number of hydrogen-bond donors (Lipinski definition) is 1. The van der Waals surface area contributed by atoms with Crippen LogP contribution in [0.3, 0.4) is 0 Å². The Bertz CT molecular complexity index is 474. The molecule has 1 N–H and O–H groups in total. The van der Waals surface area contributed by atoms with E-state index < -0.39 is 0 Å². The van der Waals surface area contributed by atoms with E-state index in [0.717, 1.165) is 6.42 Å². The Hall–Kier alpha value is -1.28. The van der Waals surface area contributed by atoms with Crippen LogP contribution >= 0.6 is 11.3 Å². The molecule has 0 radical (unpaired) electrons. The Morgan fingerprint density at radius 3 is 2.76 bits per heavy atom. The first kappa shape index (κ1) is 12.2. The minimum atomic E-state index is 0.369. The average Bonchev–Trinajstić information content (AvgIpc) is 2.85. The molecule has 90 valence electrons. The van der Waals surface area contributed by atoms with Gasteiger partial charge >= 0.3 is 0 Å². The number of aryl methyl sites for hydroxylation is 2. The molecule has 0 saturated carbocycles. The highest BCUT2D eigenvalue weighted by Gasteiger charge is 2.06. The summed E-state index contributed by atoms with van der Waals surface area (Å²) in [6, 6.07) is 9.17. The van der Waals surface area contributed by atoms with Crippen molar-refractivity contribution in [1.82, 2.24) is 0 Å². The molecule has 0 fully saturated rings. The van der Waals surface area contributed by atoms with Crippen molar-refractivity contribution in [2.24, 2.45) is 0 Å². The van der Waals surface area contributed by atoms with Gasteiger partial charge in [0.1, 0.15) is 0 Å². The van der Waals surface area contributed by atoms with Crippen molar-refractivity contribution >= 4 is 17.0 Å². The first-order valence-electron chi connectivity index (χ1n) is 6.09. The molecule has 0 aliphatic rings. The highest BCUT2D eigenvalue weighted by molar-refractivity contribution is 7.07. The number of anilines is 1. The highest BCUT2D eigenvalue weighted by Crippen LogP contribution is 2.23. The predicted octanol–water partition coefficient (Wildman–Crippen LogP) is 4.79. The fourth-order valence-corrected chi connectivity index (χ4v) is 2.75. The Morgan fingerprint density at radius 1 is 1.29 bits per heavy atom. The van der Waals surface area contributed by atoms with Gasteiger partial charge in [0.05, 0.1) is 0 Å². The van der Waals surface area contributed by atoms with Gasteiger partial charge in [-0.25, -0.2) is 0 Å². The third kappa shape index (κ3) is 2.89. The van der Waals surface area contributed by atoms with Crippen molar-refractivity contribution in [2.45, 2.75) is 33.2 Å². The van der Waals surface area contributed by atoms with Gasteiger partial charge in [-0.15, -0.1) is 0 Å². The second-order valence-electron chi connectivity index (χ2n) is 4.42. The lowest BCUT2D eigenvalue weighted by molar-refractivity contribution is 0.889. The Balaban J connectivity index is 2.13. The molecule has 1 unspecified atom stereocenters. The zero-order chi connectivity index (χ0) is 12.3. The zero-order valence-electron chi connectivity index (χ0n) is 10.7. The summed E-state index contributed by atoms with van der Waals surface area (Å²) in [4.78, 5) is 0. The molecule has 0 aliphatic carbocycles. The van der Waals surface area contributed by atoms with E-state index in [4.69, 9.17) is 0 Å². The first-order chi connectivity index (χ1) is 8.20. The van der Waals surface area contributed by atoms with Crippen LogP contribution in [-0.2, 0) is 6.42 Å². The molecule has 0 aliphatic heterocycles. The topological polar surface area (TPSA) is 12.0 Å². The Kier molecular flexibility index (Phi) is 3.85. The minimum Gasteiger partial charge on any atom is -0.378 e. The molecule has 0 amide bonds. The summed E-state index contributed by atoms with van der Waals surface area (Å²) >= 11 is 1.75. The second-order valence-corrected chi connectivity index (χ2v) is 5.20. The van der Waals surface area contributed by atoms with Crippen LogP contribution in [0.5, 0.6) is 0 Å². The molecule has 2 aromatic rings. The van der Waals surface area contributed by atoms with E-state index in [1.165, 1.54) is 22.4 Å². The lowest BCUT2D eigenvalue weighted by atomic mass is 10.0. The van der Waals surface area contributed by atoms with E-state index in [1.807, 2.05) is 0 Å². The number of rotatable bonds is 4. The van der Waals surface area contributed by atoms with Gasteiger partial charge in [0.25, 0.3) is 0 Å². The molecular weight excluding hydrogens is 226 g/mol. The second kappa shape index (κ2) is 5.37. The molecule has 1 aromatic carbocycles. The molecule has 0 saturated heterocycles. The molecule has 1 aromatic heterocycles. The zero-order valence-corrected chi connectivity index (χ0v) is 11.5. The van der Waals surface area contributed by atoms with Gasteiger partial charge in [-0.1, -0.05) is 13.0 Å². The van der Waals surface area contributed by atoms with Crippen LogP contribution in [0.1, 0.15) is 36.6 Å². The van der Waals surface area contributed by atoms with Gasteiger partial charge in [0, 0.05) is 11.7 Å². The summed E-state index contributed by atoms with van der Waals surface area (Å²) in [5, 5.41) is 7.88. The van der Waals surface area contributed by atoms with Crippen molar-refractivity contribution in [2.75, 3.05) is 5.32 Å². The fraction of sp³-hybridized carbons (Fsp3) is 0.333. The van der Waals surface area contributed by atoms with E-state index in [2.05, 4.69) is 61.1 Å². The standard InChI is InChI=1S/C15H19NS/c1-4-13-9-15(6-5-11(13)2)16-12(3)14-7-8-17-10-14/h5-10,12,16H,4H2,1-3H3. The van der Waals surface area contributed by atoms with Crippen LogP contribution < -0.4 is 5.32 Å². The maximum absolute atomic E-state index is 3.55. The summed E-state index contributed by atoms with van der Waals surface area (Å²) in [5.74, 6) is 0. The first-order valence-corrected chi connectivity index (χ1v) is 7.03. The molecule has 0 bridgehead atoms. The van der Waals surface area contributed by atoms with Gasteiger partial charge in [-0.2, -0.15) is 11.3 Å². The molecule has 1 nitrogen and oxygen atoms in total. The van der Waals surface area contributed by atoms with Crippen molar-refractivity contribution in [3.8, 4) is 0 Å². The van der Waals surface area contributed by atoms with Gasteiger partial charge in [-0.05, 0) is 65.9 Å². The highest BCUT2D eigenvalue weighted by atomic mass is 32.1. The van der Waals surface area contributed by atoms with Crippen LogP contribution in [0, 0.1) is 6.92 Å². The summed E-state index contributed by atoms with van der Waals surface area (Å²) in [7, 11) is 0. The normalized spacial score (nSPS) is 12.4.